The zero-order valence-electron chi connectivity index (χ0n) is 18.5. The molecule has 1 fully saturated rings. The Balaban J connectivity index is 1.46. The van der Waals surface area contributed by atoms with Gasteiger partial charge in [-0.15, -0.1) is 23.2 Å². The second kappa shape index (κ2) is 7.57. The minimum Gasteiger partial charge on any atom is -0.323 e. The summed E-state index contributed by atoms with van der Waals surface area (Å²) in [5.74, 6) is -3.45. The van der Waals surface area contributed by atoms with Gasteiger partial charge in [-0.2, -0.15) is 0 Å². The summed E-state index contributed by atoms with van der Waals surface area (Å²) >= 11 is 21.0. The summed E-state index contributed by atoms with van der Waals surface area (Å²) < 4.78 is 0. The first-order valence-corrected chi connectivity index (χ1v) is 12.4. The number of hydrogen-bond donors (Lipinski definition) is 1. The molecule has 3 aliphatic carbocycles. The zero-order valence-corrected chi connectivity index (χ0v) is 20.7. The molecule has 3 amide bonds. The molecule has 176 valence electrons. The molecule has 7 rings (SSSR count). The number of likely N-dealkylation sites (tertiary alicyclic amines) is 1. The van der Waals surface area contributed by atoms with Crippen LogP contribution in [0.2, 0.25) is 5.02 Å². The number of para-hydroxylation sites is 1. The number of alkyl halides is 2. The van der Waals surface area contributed by atoms with Crippen molar-refractivity contribution in [1.29, 1.82) is 0 Å². The molecule has 3 aromatic rings. The molecule has 4 aliphatic rings. The Labute approximate surface area is 217 Å². The highest BCUT2D eigenvalue weighted by atomic mass is 35.5. The molecule has 0 radical (unpaired) electrons. The maximum atomic E-state index is 13.9. The third-order valence-electron chi connectivity index (χ3n) is 7.52. The normalized spacial score (nSPS) is 28.9. The van der Waals surface area contributed by atoms with Gasteiger partial charge < -0.3 is 5.32 Å². The Hall–Kier alpha value is -2.86. The lowest BCUT2D eigenvalue weighted by atomic mass is 9.54. The first-order valence-electron chi connectivity index (χ1n) is 11.2. The van der Waals surface area contributed by atoms with E-state index in [0.717, 1.165) is 4.90 Å². The lowest BCUT2D eigenvalue weighted by Gasteiger charge is -2.54. The van der Waals surface area contributed by atoms with Gasteiger partial charge in [0.25, 0.3) is 0 Å². The summed E-state index contributed by atoms with van der Waals surface area (Å²) in [6.45, 7) is 1.52. The highest BCUT2D eigenvalue weighted by molar-refractivity contribution is 6.36. The SMILES string of the molecule is C[C@H](C(=O)Nc1ccccc1Cl)N1C(=O)[C@H]2[C@H](C1=O)C1(Cl)c3ccccc3C2(Cl)c2ccccc21. The molecule has 1 aliphatic heterocycles. The molecule has 8 heteroatoms. The third kappa shape index (κ3) is 2.75. The number of imide groups is 1. The van der Waals surface area contributed by atoms with Crippen LogP contribution in [0.25, 0.3) is 0 Å². The Morgan fingerprint density at radius 2 is 1.20 bits per heavy atom. The van der Waals surface area contributed by atoms with Crippen molar-refractivity contribution in [3.63, 3.8) is 0 Å². The van der Waals surface area contributed by atoms with Crippen molar-refractivity contribution in [1.82, 2.24) is 4.90 Å². The fourth-order valence-corrected chi connectivity index (χ4v) is 7.27. The number of benzene rings is 3. The number of halogens is 3. The lowest BCUT2D eigenvalue weighted by molar-refractivity contribution is -0.146. The van der Waals surface area contributed by atoms with Gasteiger partial charge in [-0.1, -0.05) is 72.3 Å². The van der Waals surface area contributed by atoms with Crippen LogP contribution >= 0.6 is 34.8 Å². The quantitative estimate of drug-likeness (QED) is 0.375. The number of nitrogens with zero attached hydrogens (tertiary/aromatic N) is 1. The highest BCUT2D eigenvalue weighted by Gasteiger charge is 2.73. The van der Waals surface area contributed by atoms with Crippen LogP contribution < -0.4 is 5.32 Å². The van der Waals surface area contributed by atoms with Crippen molar-refractivity contribution in [2.75, 3.05) is 5.32 Å². The van der Waals surface area contributed by atoms with Crippen molar-refractivity contribution < 1.29 is 14.4 Å². The van der Waals surface area contributed by atoms with Gasteiger partial charge in [0, 0.05) is 0 Å². The molecule has 3 atom stereocenters. The highest BCUT2D eigenvalue weighted by Crippen LogP contribution is 2.69. The lowest BCUT2D eigenvalue weighted by Crippen LogP contribution is -2.57. The van der Waals surface area contributed by atoms with E-state index in [2.05, 4.69) is 5.32 Å². The number of carbonyl (C=O) groups is 3. The van der Waals surface area contributed by atoms with E-state index in [1.807, 2.05) is 48.5 Å². The van der Waals surface area contributed by atoms with Gasteiger partial charge in [-0.25, -0.2) is 0 Å². The summed E-state index contributed by atoms with van der Waals surface area (Å²) in [5, 5.41) is 3.07. The second-order valence-corrected chi connectivity index (χ2v) is 10.8. The fraction of sp³-hybridized carbons (Fsp3) is 0.222. The molecular formula is C27H19Cl3N2O3. The molecule has 3 aromatic carbocycles. The molecule has 0 spiro atoms. The molecule has 2 bridgehead atoms. The Kier molecular flexibility index (Phi) is 4.89. The van der Waals surface area contributed by atoms with Crippen LogP contribution in [0.1, 0.15) is 29.2 Å². The van der Waals surface area contributed by atoms with Crippen LogP contribution in [0.5, 0.6) is 0 Å². The summed E-state index contributed by atoms with van der Waals surface area (Å²) in [5.41, 5.74) is 3.26. The van der Waals surface area contributed by atoms with E-state index < -0.39 is 45.3 Å². The monoisotopic (exact) mass is 524 g/mol. The molecular weight excluding hydrogens is 507 g/mol. The van der Waals surface area contributed by atoms with Crippen LogP contribution in [0.4, 0.5) is 5.69 Å². The minimum absolute atomic E-state index is 0.351. The first-order chi connectivity index (χ1) is 16.7. The number of hydrogen-bond acceptors (Lipinski definition) is 3. The molecule has 1 N–H and O–H groups in total. The molecule has 1 saturated heterocycles. The van der Waals surface area contributed by atoms with Crippen molar-refractivity contribution in [3.05, 3.63) is 100 Å². The third-order valence-corrected chi connectivity index (χ3v) is 9.13. The van der Waals surface area contributed by atoms with E-state index in [4.69, 9.17) is 34.8 Å². The predicted octanol–water partition coefficient (Wildman–Crippen LogP) is 5.26. The van der Waals surface area contributed by atoms with Crippen molar-refractivity contribution in [3.8, 4) is 0 Å². The average Bonchev–Trinajstić information content (AvgIpc) is 3.14. The first kappa shape index (κ1) is 22.6. The zero-order chi connectivity index (χ0) is 24.7. The van der Waals surface area contributed by atoms with Gasteiger partial charge in [0.1, 0.15) is 15.8 Å². The second-order valence-electron chi connectivity index (χ2n) is 9.16. The van der Waals surface area contributed by atoms with Gasteiger partial charge in [-0.05, 0) is 41.3 Å². The average molecular weight is 526 g/mol. The van der Waals surface area contributed by atoms with Crippen molar-refractivity contribution >= 4 is 58.2 Å². The molecule has 5 nitrogen and oxygen atoms in total. The topological polar surface area (TPSA) is 66.5 Å². The van der Waals surface area contributed by atoms with E-state index in [1.54, 1.807) is 24.3 Å². The molecule has 0 unspecified atom stereocenters. The summed E-state index contributed by atoms with van der Waals surface area (Å²) in [6.07, 6.45) is 0. The standard InChI is InChI=1S/C27H19Cl3N2O3/c1-14(23(33)31-20-13-7-6-12-19(20)28)32-24(34)21-22(25(32)35)27(30)16-9-3-2-8-15(16)26(21,29)17-10-4-5-11-18(17)27/h2-14,21-22H,1H3,(H,31,33)/t14-,21-,22-,26?,27?/m1/s1. The Bertz CT molecular complexity index is 1320. The number of carbonyl (C=O) groups excluding carboxylic acids is 3. The van der Waals surface area contributed by atoms with Crippen molar-refractivity contribution in [2.24, 2.45) is 11.8 Å². The maximum Gasteiger partial charge on any atom is 0.247 e. The number of anilines is 1. The predicted molar refractivity (Wildman–Crippen MR) is 135 cm³/mol. The van der Waals surface area contributed by atoms with Gasteiger partial charge in [-0.3, -0.25) is 19.3 Å². The molecule has 35 heavy (non-hydrogen) atoms. The molecule has 1 heterocycles. The van der Waals surface area contributed by atoms with Crippen LogP contribution in [0.15, 0.2) is 72.8 Å². The number of nitrogens with one attached hydrogen (secondary N) is 1. The summed E-state index contributed by atoms with van der Waals surface area (Å²) in [7, 11) is 0. The fourth-order valence-electron chi connectivity index (χ4n) is 5.99. The van der Waals surface area contributed by atoms with E-state index in [0.29, 0.717) is 33.0 Å². The van der Waals surface area contributed by atoms with Gasteiger partial charge in [0.2, 0.25) is 17.7 Å². The van der Waals surface area contributed by atoms with Crippen LogP contribution in [-0.4, -0.2) is 28.7 Å². The van der Waals surface area contributed by atoms with Crippen LogP contribution in [0.3, 0.4) is 0 Å². The van der Waals surface area contributed by atoms with E-state index in [1.165, 1.54) is 6.92 Å². The Morgan fingerprint density at radius 3 is 1.63 bits per heavy atom. The number of rotatable bonds is 3. The minimum atomic E-state index is -1.28. The molecule has 0 aromatic heterocycles. The smallest absolute Gasteiger partial charge is 0.247 e. The van der Waals surface area contributed by atoms with E-state index in [-0.39, 0.29) is 0 Å². The van der Waals surface area contributed by atoms with Gasteiger partial charge in [0.05, 0.1) is 22.5 Å². The summed E-state index contributed by atoms with van der Waals surface area (Å²) in [4.78, 5) is 39.5. The summed E-state index contributed by atoms with van der Waals surface area (Å²) in [6, 6.07) is 20.5. The van der Waals surface area contributed by atoms with E-state index in [9.17, 15) is 14.4 Å². The Morgan fingerprint density at radius 1 is 0.800 bits per heavy atom. The van der Waals surface area contributed by atoms with Gasteiger partial charge >= 0.3 is 0 Å². The van der Waals surface area contributed by atoms with Crippen LogP contribution in [0, 0.1) is 11.8 Å². The molecule has 0 saturated carbocycles. The maximum absolute atomic E-state index is 13.9. The number of amides is 3. The van der Waals surface area contributed by atoms with Crippen molar-refractivity contribution in [2.45, 2.75) is 22.7 Å². The van der Waals surface area contributed by atoms with Gasteiger partial charge in [0.15, 0.2) is 0 Å². The largest absolute Gasteiger partial charge is 0.323 e. The van der Waals surface area contributed by atoms with Crippen LogP contribution in [-0.2, 0) is 24.1 Å². The van der Waals surface area contributed by atoms with E-state index >= 15 is 0 Å².